The summed E-state index contributed by atoms with van der Waals surface area (Å²) in [6.45, 7) is 18.6. The van der Waals surface area contributed by atoms with Gasteiger partial charge in [-0.25, -0.2) is 0 Å². The number of hydrogen-bond acceptors (Lipinski definition) is 3. The summed E-state index contributed by atoms with van der Waals surface area (Å²) >= 11 is 0. The third-order valence-corrected chi connectivity index (χ3v) is 14.7. The molecule has 3 aromatic rings. The molecule has 1 heterocycles. The molecule has 0 unspecified atom stereocenters. The van der Waals surface area contributed by atoms with E-state index >= 15 is 0 Å². The van der Waals surface area contributed by atoms with Gasteiger partial charge in [0.15, 0.2) is 5.79 Å². The van der Waals surface area contributed by atoms with Gasteiger partial charge in [0.2, 0.25) is 0 Å². The van der Waals surface area contributed by atoms with E-state index in [4.69, 9.17) is 13.9 Å². The Labute approximate surface area is 267 Å². The smallest absolute Gasteiger partial charge is 0.261 e. The average Bonchev–Trinajstić information content (AvgIpc) is 2.99. The second kappa shape index (κ2) is 13.7. The van der Waals surface area contributed by atoms with Gasteiger partial charge in [0.1, 0.15) is 0 Å². The van der Waals surface area contributed by atoms with Crippen molar-refractivity contribution in [3.8, 4) is 0 Å². The van der Waals surface area contributed by atoms with E-state index in [2.05, 4.69) is 151 Å². The number of allylic oxidation sites excluding steroid dienone is 3. The van der Waals surface area contributed by atoms with Crippen LogP contribution in [0, 0.1) is 11.8 Å². The molecule has 1 fully saturated rings. The van der Waals surface area contributed by atoms with Crippen LogP contribution in [0.3, 0.4) is 0 Å². The minimum Gasteiger partial charge on any atom is -0.407 e. The van der Waals surface area contributed by atoms with Gasteiger partial charge in [0.25, 0.3) is 8.32 Å². The van der Waals surface area contributed by atoms with Gasteiger partial charge in [0, 0.05) is 18.9 Å². The molecule has 1 aliphatic heterocycles. The number of benzene rings is 3. The normalized spacial score (nSPS) is 25.6. The highest BCUT2D eigenvalue weighted by Crippen LogP contribution is 2.44. The lowest BCUT2D eigenvalue weighted by atomic mass is 9.69. The second-order valence-electron chi connectivity index (χ2n) is 14.3. The predicted molar refractivity (Wildman–Crippen MR) is 186 cm³/mol. The molecule has 234 valence electrons. The lowest BCUT2D eigenvalue weighted by Crippen LogP contribution is -2.66. The maximum absolute atomic E-state index is 7.22. The van der Waals surface area contributed by atoms with Crippen molar-refractivity contribution >= 4 is 18.7 Å². The summed E-state index contributed by atoms with van der Waals surface area (Å²) in [4.78, 5) is 0. The van der Waals surface area contributed by atoms with Crippen molar-refractivity contribution in [2.45, 2.75) is 96.2 Å². The first-order valence-corrected chi connectivity index (χ1v) is 18.4. The van der Waals surface area contributed by atoms with Crippen LogP contribution in [0.15, 0.2) is 115 Å². The van der Waals surface area contributed by atoms with Crippen LogP contribution in [-0.4, -0.2) is 32.9 Å². The predicted octanol–water partition coefficient (Wildman–Crippen LogP) is 8.81. The first-order valence-electron chi connectivity index (χ1n) is 16.5. The highest BCUT2D eigenvalue weighted by molar-refractivity contribution is 6.99. The summed E-state index contributed by atoms with van der Waals surface area (Å²) < 4.78 is 20.3. The fourth-order valence-corrected chi connectivity index (χ4v) is 12.3. The molecule has 0 spiro atoms. The molecule has 2 aliphatic rings. The molecular formula is C40H52O3Si. The molecule has 0 amide bonds. The van der Waals surface area contributed by atoms with Crippen LogP contribution in [0.2, 0.25) is 5.04 Å². The molecule has 5 atom stereocenters. The maximum Gasteiger partial charge on any atom is 0.261 e. The number of hydrogen-bond donors (Lipinski definition) is 0. The van der Waals surface area contributed by atoms with Crippen molar-refractivity contribution in [1.29, 1.82) is 0 Å². The van der Waals surface area contributed by atoms with E-state index in [9.17, 15) is 0 Å². The van der Waals surface area contributed by atoms with Gasteiger partial charge in [-0.05, 0) is 71.5 Å². The minimum absolute atomic E-state index is 0.0432. The minimum atomic E-state index is -2.58. The molecule has 4 heteroatoms. The van der Waals surface area contributed by atoms with E-state index in [0.29, 0.717) is 24.4 Å². The Morgan fingerprint density at radius 3 is 1.86 bits per heavy atom. The van der Waals surface area contributed by atoms with E-state index in [1.807, 2.05) is 0 Å². The highest BCUT2D eigenvalue weighted by Gasteiger charge is 2.50. The van der Waals surface area contributed by atoms with Crippen molar-refractivity contribution < 1.29 is 13.9 Å². The van der Waals surface area contributed by atoms with E-state index in [1.165, 1.54) is 21.5 Å². The highest BCUT2D eigenvalue weighted by atomic mass is 28.4. The average molecular weight is 609 g/mol. The van der Waals surface area contributed by atoms with Gasteiger partial charge in [-0.2, -0.15) is 0 Å². The zero-order valence-electron chi connectivity index (χ0n) is 27.7. The van der Waals surface area contributed by atoms with Crippen LogP contribution >= 0.6 is 0 Å². The van der Waals surface area contributed by atoms with Crippen molar-refractivity contribution in [3.63, 3.8) is 0 Å². The Morgan fingerprint density at radius 1 is 0.795 bits per heavy atom. The fraction of sp³-hybridized carbons (Fsp3) is 0.450. The molecule has 0 N–H and O–H groups in total. The van der Waals surface area contributed by atoms with E-state index in [0.717, 1.165) is 25.7 Å². The lowest BCUT2D eigenvalue weighted by Gasteiger charge is -2.44. The van der Waals surface area contributed by atoms with Crippen LogP contribution in [-0.2, 0) is 13.9 Å². The summed E-state index contributed by atoms with van der Waals surface area (Å²) in [7, 11) is -2.58. The molecule has 0 saturated carbocycles. The largest absolute Gasteiger partial charge is 0.407 e. The van der Waals surface area contributed by atoms with Gasteiger partial charge < -0.3 is 13.9 Å². The standard InChI is InChI=1S/C40H52O3Si/c1-30-23-24-31(2)38(32-17-11-8-12-18-32)37(30)26-25-33-29-34(43-40(6,7)42-33)27-28-41-44(39(3,4)5,35-19-13-9-14-20-35)36-21-15-10-16-22-36/h8-24,30,33-34,37-38H,2,25-29H2,1,3-7H3/t30-,33+,34-,37-,38+/m0/s1. The summed E-state index contributed by atoms with van der Waals surface area (Å²) in [5.74, 6) is 0.723. The molecule has 3 nitrogen and oxygen atoms in total. The second-order valence-corrected chi connectivity index (χ2v) is 18.6. The van der Waals surface area contributed by atoms with Crippen molar-refractivity contribution in [2.24, 2.45) is 11.8 Å². The van der Waals surface area contributed by atoms with Crippen LogP contribution in [0.5, 0.6) is 0 Å². The third kappa shape index (κ3) is 7.20. The Bertz CT molecular complexity index is 1340. The van der Waals surface area contributed by atoms with Crippen molar-refractivity contribution in [1.82, 2.24) is 0 Å². The quantitative estimate of drug-likeness (QED) is 0.215. The van der Waals surface area contributed by atoms with Crippen LogP contribution in [0.4, 0.5) is 0 Å². The number of ether oxygens (including phenoxy) is 2. The third-order valence-electron chi connectivity index (χ3n) is 9.70. The van der Waals surface area contributed by atoms with Gasteiger partial charge in [-0.1, -0.05) is 137 Å². The van der Waals surface area contributed by atoms with Gasteiger partial charge in [-0.15, -0.1) is 0 Å². The zero-order valence-corrected chi connectivity index (χ0v) is 28.7. The summed E-state index contributed by atoms with van der Waals surface area (Å²) in [6.07, 6.45) is 8.65. The van der Waals surface area contributed by atoms with Crippen LogP contribution in [0.1, 0.15) is 78.7 Å². The van der Waals surface area contributed by atoms with Crippen molar-refractivity contribution in [3.05, 3.63) is 121 Å². The number of rotatable bonds is 10. The molecule has 5 rings (SSSR count). The first-order chi connectivity index (χ1) is 21.0. The molecule has 1 saturated heterocycles. The molecule has 0 aromatic heterocycles. The van der Waals surface area contributed by atoms with E-state index in [1.54, 1.807) is 0 Å². The first kappa shape index (κ1) is 32.6. The molecule has 3 aromatic carbocycles. The van der Waals surface area contributed by atoms with Crippen molar-refractivity contribution in [2.75, 3.05) is 6.61 Å². The van der Waals surface area contributed by atoms with Gasteiger partial charge in [0.05, 0.1) is 12.2 Å². The Hall–Kier alpha value is -2.76. The van der Waals surface area contributed by atoms with Gasteiger partial charge in [-0.3, -0.25) is 0 Å². The molecule has 1 aliphatic carbocycles. The lowest BCUT2D eigenvalue weighted by molar-refractivity contribution is -0.302. The summed E-state index contributed by atoms with van der Waals surface area (Å²) in [5.41, 5.74) is 2.58. The monoisotopic (exact) mass is 608 g/mol. The maximum atomic E-state index is 7.22. The zero-order chi connectivity index (χ0) is 31.4. The summed E-state index contributed by atoms with van der Waals surface area (Å²) in [6, 6.07) is 32.7. The Balaban J connectivity index is 1.29. The molecule has 0 bridgehead atoms. The Kier molecular flexibility index (Phi) is 10.2. The fourth-order valence-electron chi connectivity index (χ4n) is 7.71. The van der Waals surface area contributed by atoms with Crippen LogP contribution in [0.25, 0.3) is 0 Å². The molecule has 44 heavy (non-hydrogen) atoms. The molecule has 0 radical (unpaired) electrons. The Morgan fingerprint density at radius 2 is 1.32 bits per heavy atom. The van der Waals surface area contributed by atoms with Gasteiger partial charge >= 0.3 is 0 Å². The molecular weight excluding hydrogens is 557 g/mol. The van der Waals surface area contributed by atoms with E-state index < -0.39 is 14.1 Å². The van der Waals surface area contributed by atoms with Crippen LogP contribution < -0.4 is 10.4 Å². The topological polar surface area (TPSA) is 27.7 Å². The summed E-state index contributed by atoms with van der Waals surface area (Å²) in [5, 5.41) is 2.59. The SMILES string of the molecule is C=C1C=C[C@H](C)[C@H](CC[C@@H]2C[C@H](CCO[Si](c3ccccc3)(c3ccccc3)C(C)(C)C)OC(C)(C)O2)[C@H]1c1ccccc1. The van der Waals surface area contributed by atoms with E-state index in [-0.39, 0.29) is 17.2 Å².